The third kappa shape index (κ3) is 2.88. The molecule has 1 heterocycles. The van der Waals surface area contributed by atoms with Gasteiger partial charge in [0.25, 0.3) is 0 Å². The Balaban J connectivity index is 2.20. The lowest BCUT2D eigenvalue weighted by Gasteiger charge is -2.12. The molecule has 0 aliphatic heterocycles. The smallest absolute Gasteiger partial charge is 0.129 e. The molecule has 88 valence electrons. The molecule has 1 aromatic heterocycles. The summed E-state index contributed by atoms with van der Waals surface area (Å²) in [6.45, 7) is 1.87. The van der Waals surface area contributed by atoms with Crippen LogP contribution in [-0.4, -0.2) is 10.1 Å². The Morgan fingerprint density at radius 3 is 2.88 bits per heavy atom. The summed E-state index contributed by atoms with van der Waals surface area (Å²) in [7, 11) is 0. The fourth-order valence-electron chi connectivity index (χ4n) is 1.77. The molecule has 2 aromatic rings. The minimum Gasteiger partial charge on any atom is -0.388 e. The quantitative estimate of drug-likeness (QED) is 0.881. The lowest BCUT2D eigenvalue weighted by molar-refractivity contribution is 0.173. The van der Waals surface area contributed by atoms with E-state index in [-0.39, 0.29) is 5.82 Å². The fraction of sp³-hybridized carbons (Fsp3) is 0.214. The third-order valence-electron chi connectivity index (χ3n) is 2.66. The van der Waals surface area contributed by atoms with E-state index in [1.165, 1.54) is 6.07 Å². The van der Waals surface area contributed by atoms with E-state index in [4.69, 9.17) is 0 Å². The van der Waals surface area contributed by atoms with Gasteiger partial charge in [-0.25, -0.2) is 4.39 Å². The Bertz CT molecular complexity index is 499. The molecular formula is C14H14FNO. The highest BCUT2D eigenvalue weighted by atomic mass is 19.1. The molecule has 0 amide bonds. The van der Waals surface area contributed by atoms with E-state index in [2.05, 4.69) is 4.98 Å². The number of pyridine rings is 1. The van der Waals surface area contributed by atoms with Crippen LogP contribution >= 0.6 is 0 Å². The van der Waals surface area contributed by atoms with Crippen LogP contribution in [0.25, 0.3) is 0 Å². The fourth-order valence-corrected chi connectivity index (χ4v) is 1.77. The number of aryl methyl sites for hydroxylation is 1. The summed E-state index contributed by atoms with van der Waals surface area (Å²) in [6.07, 6.45) is 2.88. The van der Waals surface area contributed by atoms with Gasteiger partial charge in [0, 0.05) is 24.4 Å². The van der Waals surface area contributed by atoms with Gasteiger partial charge in [0.2, 0.25) is 0 Å². The van der Waals surface area contributed by atoms with Crippen molar-refractivity contribution in [2.75, 3.05) is 0 Å². The molecule has 1 N–H and O–H groups in total. The molecule has 0 saturated carbocycles. The first kappa shape index (κ1) is 11.7. The van der Waals surface area contributed by atoms with Gasteiger partial charge in [-0.15, -0.1) is 0 Å². The Labute approximate surface area is 99.8 Å². The second-order valence-electron chi connectivity index (χ2n) is 4.11. The van der Waals surface area contributed by atoms with Gasteiger partial charge >= 0.3 is 0 Å². The molecule has 1 atom stereocenters. The summed E-state index contributed by atoms with van der Waals surface area (Å²) in [5.41, 5.74) is 2.17. The minimum atomic E-state index is -0.834. The van der Waals surface area contributed by atoms with Gasteiger partial charge in [-0.1, -0.05) is 23.8 Å². The van der Waals surface area contributed by atoms with Crippen molar-refractivity contribution in [2.45, 2.75) is 19.4 Å². The highest BCUT2D eigenvalue weighted by Gasteiger charge is 2.13. The number of rotatable bonds is 3. The molecule has 3 heteroatoms. The molecule has 2 rings (SSSR count). The van der Waals surface area contributed by atoms with Crippen molar-refractivity contribution in [3.05, 3.63) is 65.2 Å². The number of benzene rings is 1. The van der Waals surface area contributed by atoms with Crippen LogP contribution in [-0.2, 0) is 6.42 Å². The first-order valence-corrected chi connectivity index (χ1v) is 5.50. The summed E-state index contributed by atoms with van der Waals surface area (Å²) in [5.74, 6) is -0.369. The Kier molecular flexibility index (Phi) is 3.49. The highest BCUT2D eigenvalue weighted by molar-refractivity contribution is 5.27. The second-order valence-corrected chi connectivity index (χ2v) is 4.11. The van der Waals surface area contributed by atoms with Crippen LogP contribution in [0.3, 0.4) is 0 Å². The van der Waals surface area contributed by atoms with Crippen molar-refractivity contribution in [2.24, 2.45) is 0 Å². The SMILES string of the molecule is Cc1ccc(F)c(C(O)Cc2cccnc2)c1. The molecule has 1 unspecified atom stereocenters. The largest absolute Gasteiger partial charge is 0.388 e. The molecule has 0 radical (unpaired) electrons. The monoisotopic (exact) mass is 231 g/mol. The van der Waals surface area contributed by atoms with E-state index in [0.29, 0.717) is 12.0 Å². The van der Waals surface area contributed by atoms with Gasteiger partial charge in [-0.05, 0) is 24.6 Å². The summed E-state index contributed by atoms with van der Waals surface area (Å²) in [5, 5.41) is 10.0. The predicted molar refractivity (Wildman–Crippen MR) is 64.0 cm³/mol. The summed E-state index contributed by atoms with van der Waals surface area (Å²) in [6, 6.07) is 8.42. The highest BCUT2D eigenvalue weighted by Crippen LogP contribution is 2.21. The number of aliphatic hydroxyl groups excluding tert-OH is 1. The van der Waals surface area contributed by atoms with Crippen molar-refractivity contribution in [3.63, 3.8) is 0 Å². The zero-order valence-corrected chi connectivity index (χ0v) is 9.60. The molecular weight excluding hydrogens is 217 g/mol. The van der Waals surface area contributed by atoms with Crippen molar-refractivity contribution < 1.29 is 9.50 Å². The van der Waals surface area contributed by atoms with Gasteiger partial charge in [0.1, 0.15) is 5.82 Å². The zero-order valence-electron chi connectivity index (χ0n) is 9.60. The molecule has 0 aliphatic carbocycles. The zero-order chi connectivity index (χ0) is 12.3. The second kappa shape index (κ2) is 5.06. The standard InChI is InChI=1S/C14H14FNO/c1-10-4-5-13(15)12(7-10)14(17)8-11-3-2-6-16-9-11/h2-7,9,14,17H,8H2,1H3. The maximum Gasteiger partial charge on any atom is 0.129 e. The Morgan fingerprint density at radius 1 is 1.35 bits per heavy atom. The van der Waals surface area contributed by atoms with Gasteiger partial charge in [0.05, 0.1) is 6.10 Å². The first-order valence-electron chi connectivity index (χ1n) is 5.50. The lowest BCUT2D eigenvalue weighted by Crippen LogP contribution is -2.05. The maximum absolute atomic E-state index is 13.5. The van der Waals surface area contributed by atoms with Crippen LogP contribution in [0.15, 0.2) is 42.7 Å². The molecule has 1 aromatic carbocycles. The molecule has 0 spiro atoms. The topological polar surface area (TPSA) is 33.1 Å². The van der Waals surface area contributed by atoms with E-state index >= 15 is 0 Å². The first-order chi connectivity index (χ1) is 8.16. The minimum absolute atomic E-state index is 0.342. The summed E-state index contributed by atoms with van der Waals surface area (Å²) in [4.78, 5) is 3.97. The average Bonchev–Trinajstić information content (AvgIpc) is 2.33. The van der Waals surface area contributed by atoms with Crippen LogP contribution in [0.1, 0.15) is 22.8 Å². The average molecular weight is 231 g/mol. The van der Waals surface area contributed by atoms with Crippen molar-refractivity contribution in [3.8, 4) is 0 Å². The van der Waals surface area contributed by atoms with Crippen LogP contribution in [0, 0.1) is 12.7 Å². The summed E-state index contributed by atoms with van der Waals surface area (Å²) < 4.78 is 13.5. The van der Waals surface area contributed by atoms with E-state index in [1.54, 1.807) is 30.6 Å². The number of halogens is 1. The molecule has 17 heavy (non-hydrogen) atoms. The molecule has 2 nitrogen and oxygen atoms in total. The molecule has 0 fully saturated rings. The predicted octanol–water partition coefficient (Wildman–Crippen LogP) is 2.81. The number of hydrogen-bond acceptors (Lipinski definition) is 2. The molecule has 0 saturated heterocycles. The van der Waals surface area contributed by atoms with E-state index in [9.17, 15) is 9.50 Å². The van der Waals surface area contributed by atoms with Crippen LogP contribution < -0.4 is 0 Å². The molecule has 0 bridgehead atoms. The van der Waals surface area contributed by atoms with Gasteiger partial charge in [0.15, 0.2) is 0 Å². The van der Waals surface area contributed by atoms with Crippen molar-refractivity contribution >= 4 is 0 Å². The Morgan fingerprint density at radius 2 is 2.18 bits per heavy atom. The van der Waals surface area contributed by atoms with Crippen molar-refractivity contribution in [1.29, 1.82) is 0 Å². The van der Waals surface area contributed by atoms with Crippen molar-refractivity contribution in [1.82, 2.24) is 4.98 Å². The van der Waals surface area contributed by atoms with E-state index in [1.807, 2.05) is 13.0 Å². The van der Waals surface area contributed by atoms with Crippen LogP contribution in [0.2, 0.25) is 0 Å². The van der Waals surface area contributed by atoms with E-state index in [0.717, 1.165) is 11.1 Å². The third-order valence-corrected chi connectivity index (χ3v) is 2.66. The van der Waals surface area contributed by atoms with Crippen LogP contribution in [0.4, 0.5) is 4.39 Å². The normalized spacial score (nSPS) is 12.4. The Hall–Kier alpha value is -1.74. The number of aliphatic hydroxyl groups is 1. The van der Waals surface area contributed by atoms with E-state index < -0.39 is 6.10 Å². The van der Waals surface area contributed by atoms with Gasteiger partial charge in [-0.2, -0.15) is 0 Å². The van der Waals surface area contributed by atoms with Gasteiger partial charge in [-0.3, -0.25) is 4.98 Å². The van der Waals surface area contributed by atoms with Gasteiger partial charge < -0.3 is 5.11 Å². The number of hydrogen-bond donors (Lipinski definition) is 1. The number of nitrogens with zero attached hydrogens (tertiary/aromatic N) is 1. The number of aromatic nitrogens is 1. The van der Waals surface area contributed by atoms with Crippen LogP contribution in [0.5, 0.6) is 0 Å². The summed E-state index contributed by atoms with van der Waals surface area (Å²) >= 11 is 0. The maximum atomic E-state index is 13.5. The molecule has 0 aliphatic rings. The lowest BCUT2D eigenvalue weighted by atomic mass is 10.0.